The maximum absolute atomic E-state index is 13.7. The molecule has 0 spiro atoms. The molecule has 7 heteroatoms. The third-order valence-corrected chi connectivity index (χ3v) is 3.66. The Morgan fingerprint density at radius 2 is 2.20 bits per heavy atom. The Bertz CT molecular complexity index is 558. The van der Waals surface area contributed by atoms with Crippen molar-refractivity contribution in [2.75, 3.05) is 18.5 Å². The number of halogens is 1. The van der Waals surface area contributed by atoms with E-state index in [1.54, 1.807) is 11.9 Å². The molecule has 20 heavy (non-hydrogen) atoms. The number of hydrogen-bond acceptors (Lipinski definition) is 4. The van der Waals surface area contributed by atoms with E-state index in [1.807, 2.05) is 0 Å². The van der Waals surface area contributed by atoms with Crippen molar-refractivity contribution in [3.63, 3.8) is 0 Å². The number of aromatic carboxylic acids is 1. The lowest BCUT2D eigenvalue weighted by Crippen LogP contribution is -2.30. The maximum atomic E-state index is 13.7. The molecule has 0 amide bonds. The molecule has 0 aliphatic heterocycles. The number of carboxylic acids is 1. The molecule has 108 valence electrons. The van der Waals surface area contributed by atoms with Crippen molar-refractivity contribution in [1.29, 1.82) is 0 Å². The number of nitrogens with zero attached hydrogens (tertiary/aromatic N) is 2. The zero-order valence-electron chi connectivity index (χ0n) is 11.0. The summed E-state index contributed by atoms with van der Waals surface area (Å²) in [7, 11) is 1.65. The van der Waals surface area contributed by atoms with Crippen LogP contribution in [0.1, 0.15) is 29.6 Å². The molecule has 0 radical (unpaired) electrons. The van der Waals surface area contributed by atoms with Crippen molar-refractivity contribution < 1.29 is 19.2 Å². The van der Waals surface area contributed by atoms with Crippen molar-refractivity contribution in [3.8, 4) is 0 Å². The monoisotopic (exact) mass is 282 g/mol. The Morgan fingerprint density at radius 1 is 1.55 bits per heavy atom. The predicted molar refractivity (Wildman–Crippen MR) is 70.6 cm³/mol. The maximum Gasteiger partial charge on any atom is 0.338 e. The van der Waals surface area contributed by atoms with Crippen LogP contribution >= 0.6 is 0 Å². The van der Waals surface area contributed by atoms with Gasteiger partial charge in [0.05, 0.1) is 4.92 Å². The van der Waals surface area contributed by atoms with Crippen molar-refractivity contribution >= 4 is 17.3 Å². The summed E-state index contributed by atoms with van der Waals surface area (Å²) in [6.45, 7) is 0.604. The lowest BCUT2D eigenvalue weighted by molar-refractivity contribution is -0.384. The molecule has 2 rings (SSSR count). The highest BCUT2D eigenvalue weighted by Gasteiger charge is 2.26. The molecular formula is C13H15FN2O4. The number of rotatable bonds is 5. The largest absolute Gasteiger partial charge is 0.478 e. The molecule has 0 bridgehead atoms. The van der Waals surface area contributed by atoms with Crippen LogP contribution in [0.4, 0.5) is 15.8 Å². The van der Waals surface area contributed by atoms with E-state index >= 15 is 0 Å². The first-order chi connectivity index (χ1) is 9.40. The average molecular weight is 282 g/mol. The van der Waals surface area contributed by atoms with E-state index in [9.17, 15) is 19.3 Å². The summed E-state index contributed by atoms with van der Waals surface area (Å²) in [4.78, 5) is 22.8. The van der Waals surface area contributed by atoms with E-state index in [1.165, 1.54) is 0 Å². The quantitative estimate of drug-likeness (QED) is 0.663. The predicted octanol–water partition coefficient (Wildman–Crippen LogP) is 2.67. The zero-order valence-corrected chi connectivity index (χ0v) is 11.0. The summed E-state index contributed by atoms with van der Waals surface area (Å²) in [6.07, 6.45) is 3.27. The molecular weight excluding hydrogens is 267 g/mol. The second kappa shape index (κ2) is 5.44. The molecule has 6 nitrogen and oxygen atoms in total. The molecule has 1 N–H and O–H groups in total. The molecule has 1 fully saturated rings. The van der Waals surface area contributed by atoms with E-state index < -0.39 is 22.3 Å². The third kappa shape index (κ3) is 2.71. The smallest absolute Gasteiger partial charge is 0.338 e. The summed E-state index contributed by atoms with van der Waals surface area (Å²) < 4.78 is 13.7. The third-order valence-electron chi connectivity index (χ3n) is 3.66. The van der Waals surface area contributed by atoms with Crippen LogP contribution in [0, 0.1) is 21.8 Å². The topological polar surface area (TPSA) is 83.7 Å². The molecule has 0 saturated heterocycles. The molecule has 0 aromatic heterocycles. The Hall–Kier alpha value is -2.18. The van der Waals surface area contributed by atoms with Gasteiger partial charge in [0.2, 0.25) is 0 Å². The highest BCUT2D eigenvalue weighted by atomic mass is 19.1. The molecule has 1 aromatic carbocycles. The van der Waals surface area contributed by atoms with Gasteiger partial charge in [-0.25, -0.2) is 9.18 Å². The van der Waals surface area contributed by atoms with Crippen molar-refractivity contribution in [3.05, 3.63) is 33.6 Å². The fourth-order valence-corrected chi connectivity index (χ4v) is 2.33. The van der Waals surface area contributed by atoms with Gasteiger partial charge in [-0.2, -0.15) is 0 Å². The lowest BCUT2D eigenvalue weighted by Gasteiger charge is -2.31. The van der Waals surface area contributed by atoms with Gasteiger partial charge in [-0.15, -0.1) is 0 Å². The summed E-state index contributed by atoms with van der Waals surface area (Å²) in [6, 6.07) is 1.71. The molecule has 1 saturated carbocycles. The van der Waals surface area contributed by atoms with Crippen LogP contribution in [-0.2, 0) is 0 Å². The van der Waals surface area contributed by atoms with E-state index in [2.05, 4.69) is 0 Å². The first-order valence-electron chi connectivity index (χ1n) is 6.32. The standard InChI is InChI=1S/C13H15FN2O4/c1-15(7-8-3-2-4-8)11-6-10(14)9(13(17)18)5-12(11)16(19)20/h5-6,8H,2-4,7H2,1H3,(H,17,18). The fourth-order valence-electron chi connectivity index (χ4n) is 2.33. The minimum atomic E-state index is -1.52. The number of hydrogen-bond donors (Lipinski definition) is 1. The van der Waals surface area contributed by atoms with E-state index in [-0.39, 0.29) is 11.4 Å². The molecule has 1 aliphatic carbocycles. The normalized spacial score (nSPS) is 14.7. The second-order valence-electron chi connectivity index (χ2n) is 5.06. The van der Waals surface area contributed by atoms with Gasteiger partial charge in [0.15, 0.2) is 0 Å². The van der Waals surface area contributed by atoms with Gasteiger partial charge in [0.1, 0.15) is 17.1 Å². The molecule has 0 atom stereocenters. The van der Waals surface area contributed by atoms with Crippen LogP contribution in [-0.4, -0.2) is 29.6 Å². The Kier molecular flexibility index (Phi) is 3.87. The Balaban J connectivity index is 2.37. The molecule has 1 aliphatic rings. The van der Waals surface area contributed by atoms with Gasteiger partial charge in [0.25, 0.3) is 5.69 Å². The molecule has 0 heterocycles. The number of benzene rings is 1. The number of carbonyl (C=O) groups is 1. The Morgan fingerprint density at radius 3 is 2.65 bits per heavy atom. The summed E-state index contributed by atoms with van der Waals surface area (Å²) >= 11 is 0. The number of nitro groups is 1. The van der Waals surface area contributed by atoms with Crippen molar-refractivity contribution in [2.24, 2.45) is 5.92 Å². The first-order valence-corrected chi connectivity index (χ1v) is 6.32. The van der Waals surface area contributed by atoms with Gasteiger partial charge in [-0.1, -0.05) is 6.42 Å². The van der Waals surface area contributed by atoms with Crippen LogP contribution < -0.4 is 4.90 Å². The second-order valence-corrected chi connectivity index (χ2v) is 5.06. The van der Waals surface area contributed by atoms with Crippen molar-refractivity contribution in [1.82, 2.24) is 0 Å². The lowest BCUT2D eigenvalue weighted by atomic mass is 9.85. The number of anilines is 1. The van der Waals surface area contributed by atoms with Crippen LogP contribution in [0.2, 0.25) is 0 Å². The van der Waals surface area contributed by atoms with E-state index in [0.717, 1.165) is 31.4 Å². The van der Waals surface area contributed by atoms with Gasteiger partial charge in [0, 0.05) is 25.7 Å². The van der Waals surface area contributed by atoms with Crippen LogP contribution in [0.3, 0.4) is 0 Å². The van der Waals surface area contributed by atoms with Gasteiger partial charge in [-0.05, 0) is 18.8 Å². The van der Waals surface area contributed by atoms with Crippen molar-refractivity contribution in [2.45, 2.75) is 19.3 Å². The van der Waals surface area contributed by atoms with Crippen LogP contribution in [0.15, 0.2) is 12.1 Å². The average Bonchev–Trinajstić information content (AvgIpc) is 2.32. The Labute approximate surface area is 115 Å². The SMILES string of the molecule is CN(CC1CCC1)c1cc(F)c(C(=O)O)cc1[N+](=O)[O-]. The minimum absolute atomic E-state index is 0.115. The zero-order chi connectivity index (χ0) is 14.9. The van der Waals surface area contributed by atoms with Crippen LogP contribution in [0.25, 0.3) is 0 Å². The fraction of sp³-hybridized carbons (Fsp3) is 0.462. The summed E-state index contributed by atoms with van der Waals surface area (Å²) in [5.74, 6) is -2.01. The molecule has 0 unspecified atom stereocenters. The van der Waals surface area contributed by atoms with E-state index in [4.69, 9.17) is 5.11 Å². The minimum Gasteiger partial charge on any atom is -0.478 e. The highest BCUT2D eigenvalue weighted by Crippen LogP contribution is 2.33. The van der Waals surface area contributed by atoms with E-state index in [0.29, 0.717) is 12.5 Å². The highest BCUT2D eigenvalue weighted by molar-refractivity contribution is 5.90. The molecule has 1 aromatic rings. The summed E-state index contributed by atoms with van der Waals surface area (Å²) in [5, 5.41) is 19.9. The van der Waals surface area contributed by atoms with Crippen LogP contribution in [0.5, 0.6) is 0 Å². The van der Waals surface area contributed by atoms with Gasteiger partial charge >= 0.3 is 5.97 Å². The number of carboxylic acid groups (broad SMARTS) is 1. The summed E-state index contributed by atoms with van der Waals surface area (Å²) in [5.41, 5.74) is -0.951. The van der Waals surface area contributed by atoms with Gasteiger partial charge in [-0.3, -0.25) is 10.1 Å². The first kappa shape index (κ1) is 14.2. The van der Waals surface area contributed by atoms with Gasteiger partial charge < -0.3 is 10.0 Å². The number of nitro benzene ring substituents is 1.